The van der Waals surface area contributed by atoms with E-state index in [-0.39, 0.29) is 12.7 Å². The molecule has 0 saturated carbocycles. The van der Waals surface area contributed by atoms with Gasteiger partial charge in [-0.3, -0.25) is 4.79 Å². The van der Waals surface area contributed by atoms with Crippen molar-refractivity contribution < 1.29 is 14.3 Å². The first-order valence-electron chi connectivity index (χ1n) is 8.96. The maximum absolute atomic E-state index is 11.7. The highest BCUT2D eigenvalue weighted by Gasteiger charge is 2.15. The van der Waals surface area contributed by atoms with Crippen LogP contribution in [0.5, 0.6) is 11.5 Å². The number of thiazole rings is 1. The summed E-state index contributed by atoms with van der Waals surface area (Å²) < 4.78 is 10.8. The van der Waals surface area contributed by atoms with Crippen molar-refractivity contribution >= 4 is 17.2 Å². The van der Waals surface area contributed by atoms with E-state index < -0.39 is 0 Å². The Balaban J connectivity index is 1.45. The maximum atomic E-state index is 11.7. The molecule has 0 aliphatic carbocycles. The number of ether oxygens (including phenoxy) is 2. The van der Waals surface area contributed by atoms with Gasteiger partial charge in [0.1, 0.15) is 5.01 Å². The number of nitrogens with one attached hydrogen (secondary N) is 1. The minimum absolute atomic E-state index is 0.0719. The van der Waals surface area contributed by atoms with Crippen LogP contribution in [-0.4, -0.2) is 17.7 Å². The van der Waals surface area contributed by atoms with Crippen molar-refractivity contribution in [3.8, 4) is 33.3 Å². The second-order valence-electron chi connectivity index (χ2n) is 6.74. The average molecular weight is 392 g/mol. The smallest absolute Gasteiger partial charge is 0.244 e. The fraction of sp³-hybridized carbons (Fsp3) is 0.182. The highest BCUT2D eigenvalue weighted by molar-refractivity contribution is 7.13. The van der Waals surface area contributed by atoms with Crippen molar-refractivity contribution in [2.24, 2.45) is 0 Å². The molecular weight excluding hydrogens is 372 g/mol. The molecule has 4 rings (SSSR count). The van der Waals surface area contributed by atoms with E-state index in [2.05, 4.69) is 5.32 Å². The van der Waals surface area contributed by atoms with Gasteiger partial charge in [0.25, 0.3) is 0 Å². The van der Waals surface area contributed by atoms with Gasteiger partial charge in [-0.05, 0) is 37.6 Å². The minimum Gasteiger partial charge on any atom is -0.454 e. The van der Waals surface area contributed by atoms with E-state index in [0.717, 1.165) is 44.5 Å². The van der Waals surface area contributed by atoms with Crippen LogP contribution in [0, 0.1) is 0 Å². The Morgan fingerprint density at radius 1 is 1.11 bits per heavy atom. The van der Waals surface area contributed by atoms with Gasteiger partial charge in [0.2, 0.25) is 12.7 Å². The molecule has 1 aliphatic heterocycles. The highest BCUT2D eigenvalue weighted by atomic mass is 32.1. The average Bonchev–Trinajstić information content (AvgIpc) is 3.35. The minimum atomic E-state index is -0.0719. The number of benzene rings is 2. The van der Waals surface area contributed by atoms with Crippen LogP contribution in [0.25, 0.3) is 21.8 Å². The molecule has 2 heterocycles. The summed E-state index contributed by atoms with van der Waals surface area (Å²) in [5.74, 6) is 1.45. The Labute approximate surface area is 167 Å². The van der Waals surface area contributed by atoms with Crippen LogP contribution in [0.1, 0.15) is 19.4 Å². The Morgan fingerprint density at radius 2 is 1.86 bits per heavy atom. The van der Waals surface area contributed by atoms with Gasteiger partial charge in [0, 0.05) is 29.1 Å². The van der Waals surface area contributed by atoms with E-state index in [1.54, 1.807) is 17.4 Å². The van der Waals surface area contributed by atoms with Crippen LogP contribution < -0.4 is 14.8 Å². The second-order valence-corrected chi connectivity index (χ2v) is 7.60. The SMILES string of the molecule is CC(C)=CC(=O)NCc1ccc(-c2nc(-c3ccc4c(c3)OCO4)cs2)cc1. The molecule has 0 bridgehead atoms. The highest BCUT2D eigenvalue weighted by Crippen LogP contribution is 2.37. The Morgan fingerprint density at radius 3 is 2.64 bits per heavy atom. The number of fused-ring (bicyclic) bond motifs is 1. The molecule has 1 amide bonds. The first-order chi connectivity index (χ1) is 13.6. The topological polar surface area (TPSA) is 60.5 Å². The molecule has 3 aromatic rings. The predicted octanol–water partition coefficient (Wildman–Crippen LogP) is 4.79. The summed E-state index contributed by atoms with van der Waals surface area (Å²) in [5, 5.41) is 5.88. The van der Waals surface area contributed by atoms with Crippen LogP contribution in [0.15, 0.2) is 59.5 Å². The number of hydrogen-bond acceptors (Lipinski definition) is 5. The third-order valence-electron chi connectivity index (χ3n) is 4.26. The summed E-state index contributed by atoms with van der Waals surface area (Å²) in [6, 6.07) is 14.0. The van der Waals surface area contributed by atoms with E-state index in [4.69, 9.17) is 14.5 Å². The zero-order valence-corrected chi connectivity index (χ0v) is 16.5. The third-order valence-corrected chi connectivity index (χ3v) is 5.15. The monoisotopic (exact) mass is 392 g/mol. The van der Waals surface area contributed by atoms with Crippen molar-refractivity contribution in [1.82, 2.24) is 10.3 Å². The summed E-state index contributed by atoms with van der Waals surface area (Å²) in [4.78, 5) is 16.5. The number of amides is 1. The third kappa shape index (κ3) is 4.07. The molecule has 0 atom stereocenters. The number of carbonyl (C=O) groups excluding carboxylic acids is 1. The number of aromatic nitrogens is 1. The van der Waals surface area contributed by atoms with Crippen molar-refractivity contribution in [3.63, 3.8) is 0 Å². The first kappa shape index (κ1) is 18.3. The Bertz CT molecular complexity index is 1030. The van der Waals surface area contributed by atoms with E-state index in [1.165, 1.54) is 0 Å². The summed E-state index contributed by atoms with van der Waals surface area (Å²) in [7, 11) is 0. The summed E-state index contributed by atoms with van der Waals surface area (Å²) >= 11 is 1.60. The summed E-state index contributed by atoms with van der Waals surface area (Å²) in [6.45, 7) is 4.58. The van der Waals surface area contributed by atoms with Gasteiger partial charge in [-0.15, -0.1) is 11.3 Å². The number of hydrogen-bond donors (Lipinski definition) is 1. The fourth-order valence-electron chi connectivity index (χ4n) is 2.86. The van der Waals surface area contributed by atoms with Crippen LogP contribution in [0.4, 0.5) is 0 Å². The molecular formula is C22H20N2O3S. The lowest BCUT2D eigenvalue weighted by Crippen LogP contribution is -2.20. The molecule has 0 saturated heterocycles. The molecule has 5 nitrogen and oxygen atoms in total. The summed E-state index contributed by atoms with van der Waals surface area (Å²) in [5.41, 5.74) is 5.00. The molecule has 6 heteroatoms. The molecule has 2 aromatic carbocycles. The normalized spacial score (nSPS) is 11.9. The van der Waals surface area contributed by atoms with E-state index in [0.29, 0.717) is 6.54 Å². The molecule has 0 fully saturated rings. The molecule has 0 unspecified atom stereocenters. The molecule has 0 spiro atoms. The first-order valence-corrected chi connectivity index (χ1v) is 9.84. The Hall–Kier alpha value is -3.12. The largest absolute Gasteiger partial charge is 0.454 e. The molecule has 142 valence electrons. The van der Waals surface area contributed by atoms with E-state index in [1.807, 2.05) is 61.7 Å². The van der Waals surface area contributed by atoms with Crippen molar-refractivity contribution in [2.45, 2.75) is 20.4 Å². The standard InChI is InChI=1S/C22H20N2O3S/c1-14(2)9-21(25)23-11-15-3-5-16(6-4-15)22-24-18(12-28-22)17-7-8-19-20(10-17)27-13-26-19/h3-10,12H,11,13H2,1-2H3,(H,23,25). The summed E-state index contributed by atoms with van der Waals surface area (Å²) in [6.07, 6.45) is 1.60. The zero-order valence-electron chi connectivity index (χ0n) is 15.7. The van der Waals surface area contributed by atoms with Gasteiger partial charge in [0.05, 0.1) is 5.69 Å². The van der Waals surface area contributed by atoms with Gasteiger partial charge in [-0.2, -0.15) is 0 Å². The van der Waals surface area contributed by atoms with Gasteiger partial charge >= 0.3 is 0 Å². The lowest BCUT2D eigenvalue weighted by molar-refractivity contribution is -0.116. The van der Waals surface area contributed by atoms with E-state index in [9.17, 15) is 4.79 Å². The predicted molar refractivity (Wildman–Crippen MR) is 110 cm³/mol. The van der Waals surface area contributed by atoms with Crippen LogP contribution in [-0.2, 0) is 11.3 Å². The van der Waals surface area contributed by atoms with Gasteiger partial charge < -0.3 is 14.8 Å². The molecule has 28 heavy (non-hydrogen) atoms. The van der Waals surface area contributed by atoms with Crippen molar-refractivity contribution in [3.05, 3.63) is 65.1 Å². The van der Waals surface area contributed by atoms with Crippen LogP contribution in [0.2, 0.25) is 0 Å². The van der Waals surface area contributed by atoms with Crippen molar-refractivity contribution in [2.75, 3.05) is 6.79 Å². The zero-order chi connectivity index (χ0) is 19.5. The quantitative estimate of drug-likeness (QED) is 0.634. The number of allylic oxidation sites excluding steroid dienone is 1. The number of nitrogens with zero attached hydrogens (tertiary/aromatic N) is 1. The van der Waals surface area contributed by atoms with E-state index >= 15 is 0 Å². The lowest BCUT2D eigenvalue weighted by atomic mass is 10.1. The van der Waals surface area contributed by atoms with Crippen molar-refractivity contribution in [1.29, 1.82) is 0 Å². The van der Waals surface area contributed by atoms with Gasteiger partial charge in [-0.25, -0.2) is 4.98 Å². The molecule has 1 aliphatic rings. The second kappa shape index (κ2) is 7.86. The fourth-order valence-corrected chi connectivity index (χ4v) is 3.70. The molecule has 0 radical (unpaired) electrons. The molecule has 1 N–H and O–H groups in total. The molecule has 1 aromatic heterocycles. The maximum Gasteiger partial charge on any atom is 0.244 e. The van der Waals surface area contributed by atoms with Crippen LogP contribution in [0.3, 0.4) is 0 Å². The van der Waals surface area contributed by atoms with Gasteiger partial charge in [0.15, 0.2) is 11.5 Å². The number of carbonyl (C=O) groups is 1. The lowest BCUT2D eigenvalue weighted by Gasteiger charge is -2.04. The van der Waals surface area contributed by atoms with Gasteiger partial charge in [-0.1, -0.05) is 29.8 Å². The van der Waals surface area contributed by atoms with Crippen LogP contribution >= 0.6 is 11.3 Å². The number of rotatable bonds is 5. The Kier molecular flexibility index (Phi) is 5.12.